The minimum atomic E-state index is 0.868. The number of hydrogen-bond acceptors (Lipinski definition) is 3. The first-order chi connectivity index (χ1) is 26.3. The van der Waals surface area contributed by atoms with E-state index in [0.29, 0.717) is 0 Å². The van der Waals surface area contributed by atoms with Crippen molar-refractivity contribution in [2.24, 2.45) is 0 Å². The highest BCUT2D eigenvalue weighted by Crippen LogP contribution is 2.47. The van der Waals surface area contributed by atoms with Crippen molar-refractivity contribution in [2.75, 3.05) is 4.90 Å². The lowest BCUT2D eigenvalue weighted by atomic mass is 9.97. The molecule has 0 fully saturated rings. The Morgan fingerprint density at radius 1 is 0.340 bits per heavy atom. The van der Waals surface area contributed by atoms with Crippen molar-refractivity contribution < 1.29 is 8.83 Å². The van der Waals surface area contributed by atoms with Crippen molar-refractivity contribution in [3.05, 3.63) is 188 Å². The second-order valence-corrected chi connectivity index (χ2v) is 13.7. The SMILES string of the molecule is c1ccc(-c2ccc(N(c3ccc(-c4cccc5oc6ccccc6c45)cc3)c3ccc4ccc5ccccc5c4c3)c3c2oc2ccccc23)cc1. The molecular weight excluding hydrogens is 647 g/mol. The summed E-state index contributed by atoms with van der Waals surface area (Å²) >= 11 is 0. The maximum Gasteiger partial charge on any atom is 0.145 e. The summed E-state index contributed by atoms with van der Waals surface area (Å²) in [4.78, 5) is 2.39. The van der Waals surface area contributed by atoms with Crippen LogP contribution < -0.4 is 4.90 Å². The molecule has 0 atom stereocenters. The summed E-state index contributed by atoms with van der Waals surface area (Å²) < 4.78 is 13.0. The van der Waals surface area contributed by atoms with Crippen LogP contribution in [0.5, 0.6) is 0 Å². The number of nitrogens with zero attached hydrogens (tertiary/aromatic N) is 1. The zero-order valence-corrected chi connectivity index (χ0v) is 28.7. The summed E-state index contributed by atoms with van der Waals surface area (Å²) in [7, 11) is 0. The van der Waals surface area contributed by atoms with Crippen LogP contribution in [0.15, 0.2) is 197 Å². The lowest BCUT2D eigenvalue weighted by molar-refractivity contribution is 0.669. The van der Waals surface area contributed by atoms with E-state index in [1.165, 1.54) is 21.5 Å². The van der Waals surface area contributed by atoms with Gasteiger partial charge in [0, 0.05) is 33.1 Å². The molecule has 3 nitrogen and oxygen atoms in total. The average molecular weight is 678 g/mol. The molecule has 0 unspecified atom stereocenters. The maximum absolute atomic E-state index is 6.74. The van der Waals surface area contributed by atoms with Gasteiger partial charge in [-0.2, -0.15) is 0 Å². The number of fused-ring (bicyclic) bond motifs is 9. The van der Waals surface area contributed by atoms with E-state index < -0.39 is 0 Å². The summed E-state index contributed by atoms with van der Waals surface area (Å²) in [5.74, 6) is 0. The topological polar surface area (TPSA) is 29.5 Å². The fraction of sp³-hybridized carbons (Fsp3) is 0. The molecule has 0 saturated heterocycles. The first kappa shape index (κ1) is 29.6. The molecule has 0 aliphatic carbocycles. The normalized spacial score (nSPS) is 11.8. The van der Waals surface area contributed by atoms with Crippen LogP contribution in [0.2, 0.25) is 0 Å². The Balaban J connectivity index is 1.16. The van der Waals surface area contributed by atoms with Crippen LogP contribution in [0, 0.1) is 0 Å². The fourth-order valence-corrected chi connectivity index (χ4v) is 8.20. The van der Waals surface area contributed by atoms with Crippen LogP contribution in [-0.2, 0) is 0 Å². The van der Waals surface area contributed by atoms with Gasteiger partial charge >= 0.3 is 0 Å². The Labute approximate surface area is 305 Å². The van der Waals surface area contributed by atoms with E-state index in [4.69, 9.17) is 8.83 Å². The number of anilines is 3. The molecule has 2 heterocycles. The molecule has 0 radical (unpaired) electrons. The molecule has 9 aromatic carbocycles. The molecule has 2 aromatic heterocycles. The second kappa shape index (κ2) is 11.7. The number of rotatable bonds is 5. The van der Waals surface area contributed by atoms with Crippen molar-refractivity contribution in [3.63, 3.8) is 0 Å². The largest absolute Gasteiger partial charge is 0.456 e. The predicted octanol–water partition coefficient (Wildman–Crippen LogP) is 14.6. The Morgan fingerprint density at radius 3 is 1.75 bits per heavy atom. The molecule has 0 amide bonds. The summed E-state index contributed by atoms with van der Waals surface area (Å²) in [5.41, 5.74) is 11.2. The van der Waals surface area contributed by atoms with Gasteiger partial charge in [0.2, 0.25) is 0 Å². The highest BCUT2D eigenvalue weighted by Gasteiger charge is 2.23. The summed E-state index contributed by atoms with van der Waals surface area (Å²) in [6, 6.07) is 66.8. The van der Waals surface area contributed by atoms with Gasteiger partial charge in [0.1, 0.15) is 22.3 Å². The molecule has 0 spiro atoms. The van der Waals surface area contributed by atoms with Crippen molar-refractivity contribution >= 4 is 82.5 Å². The second-order valence-electron chi connectivity index (χ2n) is 13.7. The van der Waals surface area contributed by atoms with Gasteiger partial charge in [0.25, 0.3) is 0 Å². The lowest BCUT2D eigenvalue weighted by Gasteiger charge is -2.27. The minimum absolute atomic E-state index is 0.868. The highest BCUT2D eigenvalue weighted by atomic mass is 16.3. The van der Waals surface area contributed by atoms with E-state index in [2.05, 4.69) is 175 Å². The van der Waals surface area contributed by atoms with Gasteiger partial charge in [-0.3, -0.25) is 0 Å². The Hall–Kier alpha value is -7.10. The van der Waals surface area contributed by atoms with Gasteiger partial charge < -0.3 is 13.7 Å². The van der Waals surface area contributed by atoms with Crippen LogP contribution >= 0.6 is 0 Å². The smallest absolute Gasteiger partial charge is 0.145 e. The maximum atomic E-state index is 6.74. The standard InChI is InChI=1S/C50H31NO2/c1-2-11-32(12-3-1)40-29-30-44(49-42-16-7-9-19-46(42)53-50(40)49)51(37-28-25-35-22-21-33-13-4-5-14-38(33)43(35)31-37)36-26-23-34(24-27-36)39-17-10-20-47-48(39)41-15-6-8-18-45(41)52-47/h1-31H. The quantitative estimate of drug-likeness (QED) is 0.170. The van der Waals surface area contributed by atoms with Crippen molar-refractivity contribution in [1.29, 1.82) is 0 Å². The zero-order chi connectivity index (χ0) is 34.9. The summed E-state index contributed by atoms with van der Waals surface area (Å²) in [5, 5.41) is 9.32. The van der Waals surface area contributed by atoms with Crippen molar-refractivity contribution in [1.82, 2.24) is 0 Å². The molecule has 0 N–H and O–H groups in total. The molecule has 0 aliphatic heterocycles. The fourth-order valence-electron chi connectivity index (χ4n) is 8.20. The molecule has 11 aromatic rings. The Bertz CT molecular complexity index is 3170. The molecule has 0 aliphatic rings. The van der Waals surface area contributed by atoms with Gasteiger partial charge in [0.15, 0.2) is 0 Å². The van der Waals surface area contributed by atoms with E-state index in [0.717, 1.165) is 83.2 Å². The zero-order valence-electron chi connectivity index (χ0n) is 28.7. The van der Waals surface area contributed by atoms with Gasteiger partial charge in [-0.25, -0.2) is 0 Å². The van der Waals surface area contributed by atoms with Crippen LogP contribution in [0.4, 0.5) is 17.1 Å². The van der Waals surface area contributed by atoms with E-state index in [1.807, 2.05) is 18.2 Å². The Kier molecular flexibility index (Phi) is 6.55. The van der Waals surface area contributed by atoms with Crippen LogP contribution in [0.1, 0.15) is 0 Å². The third kappa shape index (κ3) is 4.68. The molecule has 11 rings (SSSR count). The molecule has 53 heavy (non-hydrogen) atoms. The van der Waals surface area contributed by atoms with E-state index in [9.17, 15) is 0 Å². The summed E-state index contributed by atoms with van der Waals surface area (Å²) in [6.45, 7) is 0. The van der Waals surface area contributed by atoms with Gasteiger partial charge in [-0.05, 0) is 92.8 Å². The van der Waals surface area contributed by atoms with Gasteiger partial charge in [0.05, 0.1) is 11.1 Å². The first-order valence-electron chi connectivity index (χ1n) is 18.0. The van der Waals surface area contributed by atoms with E-state index >= 15 is 0 Å². The number of para-hydroxylation sites is 2. The van der Waals surface area contributed by atoms with Gasteiger partial charge in [-0.1, -0.05) is 133 Å². The van der Waals surface area contributed by atoms with E-state index in [-0.39, 0.29) is 0 Å². The molecular formula is C50H31NO2. The van der Waals surface area contributed by atoms with E-state index in [1.54, 1.807) is 0 Å². The van der Waals surface area contributed by atoms with Crippen molar-refractivity contribution in [3.8, 4) is 22.3 Å². The predicted molar refractivity (Wildman–Crippen MR) is 222 cm³/mol. The average Bonchev–Trinajstić information content (AvgIpc) is 3.81. The molecule has 3 heteroatoms. The van der Waals surface area contributed by atoms with Crippen LogP contribution in [0.3, 0.4) is 0 Å². The van der Waals surface area contributed by atoms with Crippen molar-refractivity contribution in [2.45, 2.75) is 0 Å². The third-order valence-corrected chi connectivity index (χ3v) is 10.7. The monoisotopic (exact) mass is 677 g/mol. The lowest BCUT2D eigenvalue weighted by Crippen LogP contribution is -2.10. The number of benzene rings is 9. The van der Waals surface area contributed by atoms with Crippen LogP contribution in [0.25, 0.3) is 87.7 Å². The summed E-state index contributed by atoms with van der Waals surface area (Å²) in [6.07, 6.45) is 0. The molecule has 0 saturated carbocycles. The highest BCUT2D eigenvalue weighted by molar-refractivity contribution is 6.18. The van der Waals surface area contributed by atoms with Gasteiger partial charge in [-0.15, -0.1) is 0 Å². The number of hydrogen-bond donors (Lipinski definition) is 0. The molecule has 0 bridgehead atoms. The minimum Gasteiger partial charge on any atom is -0.456 e. The third-order valence-electron chi connectivity index (χ3n) is 10.7. The number of furan rings is 2. The first-order valence-corrected chi connectivity index (χ1v) is 18.0. The van der Waals surface area contributed by atoms with Crippen LogP contribution in [-0.4, -0.2) is 0 Å². The Morgan fingerprint density at radius 2 is 0.943 bits per heavy atom. The molecule has 248 valence electrons.